The second-order valence-corrected chi connectivity index (χ2v) is 5.08. The van der Waals surface area contributed by atoms with Gasteiger partial charge in [-0.05, 0) is 44.0 Å². The first kappa shape index (κ1) is 15.1. The van der Waals surface area contributed by atoms with Crippen molar-refractivity contribution in [3.8, 4) is 5.75 Å². The van der Waals surface area contributed by atoms with Crippen molar-refractivity contribution in [1.82, 2.24) is 0 Å². The average molecular weight is 291 g/mol. The molecule has 2 unspecified atom stereocenters. The van der Waals surface area contributed by atoms with Gasteiger partial charge in [0.25, 0.3) is 0 Å². The van der Waals surface area contributed by atoms with Crippen molar-refractivity contribution >= 4 is 0 Å². The number of benzene rings is 1. The van der Waals surface area contributed by atoms with Crippen molar-refractivity contribution < 1.29 is 22.3 Å². The Hall–Kier alpha value is -1.30. The van der Waals surface area contributed by atoms with Gasteiger partial charge in [0, 0.05) is 5.92 Å². The normalized spacial score (nSPS) is 23.6. The Labute approximate surface area is 114 Å². The third-order valence-corrected chi connectivity index (χ3v) is 3.68. The summed E-state index contributed by atoms with van der Waals surface area (Å²) in [5.41, 5.74) is 4.63. The summed E-state index contributed by atoms with van der Waals surface area (Å²) in [6.45, 7) is 0.437. The fraction of sp³-hybridized carbons (Fsp3) is 0.571. The molecule has 2 nitrogen and oxygen atoms in total. The van der Waals surface area contributed by atoms with Crippen molar-refractivity contribution in [2.75, 3.05) is 6.54 Å². The molecule has 0 saturated heterocycles. The zero-order valence-corrected chi connectivity index (χ0v) is 10.9. The molecule has 1 aliphatic rings. The lowest BCUT2D eigenvalue weighted by Crippen LogP contribution is -2.35. The summed E-state index contributed by atoms with van der Waals surface area (Å²) >= 11 is 0. The number of ether oxygens (including phenoxy) is 1. The van der Waals surface area contributed by atoms with E-state index in [9.17, 15) is 17.6 Å². The number of hydrogen-bond acceptors (Lipinski definition) is 2. The lowest BCUT2D eigenvalue weighted by atomic mass is 9.86. The lowest BCUT2D eigenvalue weighted by Gasteiger charge is -2.31. The van der Waals surface area contributed by atoms with Crippen LogP contribution >= 0.6 is 0 Å². The predicted molar refractivity (Wildman–Crippen MR) is 66.8 cm³/mol. The van der Waals surface area contributed by atoms with Crippen molar-refractivity contribution in [2.24, 2.45) is 11.7 Å². The van der Waals surface area contributed by atoms with Crippen LogP contribution in [0, 0.1) is 11.7 Å². The smallest absolute Gasteiger partial charge is 0.416 e. The minimum absolute atomic E-state index is 0.130. The van der Waals surface area contributed by atoms with Crippen LogP contribution in [0.25, 0.3) is 0 Å². The van der Waals surface area contributed by atoms with Crippen molar-refractivity contribution in [1.29, 1.82) is 0 Å². The van der Waals surface area contributed by atoms with Gasteiger partial charge >= 0.3 is 6.18 Å². The Morgan fingerprint density at radius 2 is 1.90 bits per heavy atom. The Balaban J connectivity index is 2.13. The molecule has 0 amide bonds. The van der Waals surface area contributed by atoms with Gasteiger partial charge in [-0.2, -0.15) is 13.2 Å². The molecule has 0 heterocycles. The van der Waals surface area contributed by atoms with Crippen molar-refractivity contribution in [2.45, 2.75) is 38.0 Å². The molecular formula is C14H17F4NO. The van der Waals surface area contributed by atoms with Gasteiger partial charge in [0.1, 0.15) is 6.10 Å². The van der Waals surface area contributed by atoms with E-state index in [0.717, 1.165) is 37.8 Å². The van der Waals surface area contributed by atoms with Crippen LogP contribution in [0.15, 0.2) is 18.2 Å². The van der Waals surface area contributed by atoms with E-state index >= 15 is 0 Å². The standard InChI is InChI=1S/C14H17F4NO/c15-11-7-10(14(16,17)18)5-6-13(11)20-12-4-2-1-3-9(12)8-19/h5-7,9,12H,1-4,8,19H2. The maximum atomic E-state index is 13.7. The summed E-state index contributed by atoms with van der Waals surface area (Å²) in [4.78, 5) is 0. The zero-order valence-electron chi connectivity index (χ0n) is 10.9. The van der Waals surface area contributed by atoms with Crippen LogP contribution in [0.2, 0.25) is 0 Å². The van der Waals surface area contributed by atoms with Crippen LogP contribution in [0.3, 0.4) is 0 Å². The summed E-state index contributed by atoms with van der Waals surface area (Å²) < 4.78 is 56.6. The molecule has 20 heavy (non-hydrogen) atoms. The summed E-state index contributed by atoms with van der Waals surface area (Å²) in [7, 11) is 0. The molecule has 1 saturated carbocycles. The van der Waals surface area contributed by atoms with Gasteiger partial charge in [0.15, 0.2) is 11.6 Å². The first-order valence-electron chi connectivity index (χ1n) is 6.65. The van der Waals surface area contributed by atoms with E-state index in [0.29, 0.717) is 12.6 Å². The molecule has 0 aromatic heterocycles. The fourth-order valence-corrected chi connectivity index (χ4v) is 2.53. The molecule has 6 heteroatoms. The molecular weight excluding hydrogens is 274 g/mol. The molecule has 2 atom stereocenters. The largest absolute Gasteiger partial charge is 0.487 e. The van der Waals surface area contributed by atoms with Crippen LogP contribution in [-0.2, 0) is 6.18 Å². The second-order valence-electron chi connectivity index (χ2n) is 5.08. The first-order valence-corrected chi connectivity index (χ1v) is 6.65. The van der Waals surface area contributed by atoms with Crippen LogP contribution < -0.4 is 10.5 Å². The summed E-state index contributed by atoms with van der Waals surface area (Å²) in [5.74, 6) is -0.991. The van der Waals surface area contributed by atoms with Gasteiger partial charge in [0.2, 0.25) is 0 Å². The van der Waals surface area contributed by atoms with E-state index in [4.69, 9.17) is 10.5 Å². The van der Waals surface area contributed by atoms with E-state index in [-0.39, 0.29) is 17.8 Å². The number of alkyl halides is 3. The molecule has 1 fully saturated rings. The van der Waals surface area contributed by atoms with Crippen LogP contribution in [-0.4, -0.2) is 12.6 Å². The molecule has 0 aliphatic heterocycles. The Kier molecular flexibility index (Phi) is 4.52. The van der Waals surface area contributed by atoms with Gasteiger partial charge < -0.3 is 10.5 Å². The molecule has 1 aliphatic carbocycles. The molecule has 2 N–H and O–H groups in total. The Morgan fingerprint density at radius 3 is 2.50 bits per heavy atom. The maximum absolute atomic E-state index is 13.7. The number of halogens is 4. The van der Waals surface area contributed by atoms with E-state index < -0.39 is 17.6 Å². The van der Waals surface area contributed by atoms with Gasteiger partial charge in [-0.3, -0.25) is 0 Å². The van der Waals surface area contributed by atoms with E-state index in [1.165, 1.54) is 0 Å². The Morgan fingerprint density at radius 1 is 1.20 bits per heavy atom. The van der Waals surface area contributed by atoms with E-state index in [1.54, 1.807) is 0 Å². The van der Waals surface area contributed by atoms with Crippen LogP contribution in [0.1, 0.15) is 31.2 Å². The third-order valence-electron chi connectivity index (χ3n) is 3.68. The molecule has 0 spiro atoms. The predicted octanol–water partition coefficient (Wildman–Crippen LogP) is 3.74. The molecule has 0 radical (unpaired) electrons. The van der Waals surface area contributed by atoms with E-state index in [2.05, 4.69) is 0 Å². The van der Waals surface area contributed by atoms with Gasteiger partial charge in [-0.1, -0.05) is 6.42 Å². The van der Waals surface area contributed by atoms with Crippen molar-refractivity contribution in [3.05, 3.63) is 29.6 Å². The van der Waals surface area contributed by atoms with Crippen LogP contribution in [0.5, 0.6) is 5.75 Å². The SMILES string of the molecule is NCC1CCCCC1Oc1ccc(C(F)(F)F)cc1F. The zero-order chi connectivity index (χ0) is 14.8. The van der Waals surface area contributed by atoms with E-state index in [1.807, 2.05) is 0 Å². The second kappa shape index (κ2) is 5.99. The first-order chi connectivity index (χ1) is 9.41. The number of hydrogen-bond donors (Lipinski definition) is 1. The molecule has 112 valence electrons. The highest BCUT2D eigenvalue weighted by atomic mass is 19.4. The van der Waals surface area contributed by atoms with Gasteiger partial charge in [-0.25, -0.2) is 4.39 Å². The Bertz CT molecular complexity index is 461. The summed E-state index contributed by atoms with van der Waals surface area (Å²) in [6.07, 6.45) is -1.10. The highest BCUT2D eigenvalue weighted by Gasteiger charge is 2.32. The third kappa shape index (κ3) is 3.42. The molecule has 2 rings (SSSR count). The minimum atomic E-state index is -4.55. The summed E-state index contributed by atoms with van der Waals surface area (Å²) in [5, 5.41) is 0. The van der Waals surface area contributed by atoms with Crippen molar-refractivity contribution in [3.63, 3.8) is 0 Å². The summed E-state index contributed by atoms with van der Waals surface area (Å²) in [6, 6.07) is 2.34. The molecule has 0 bridgehead atoms. The molecule has 1 aromatic rings. The van der Waals surface area contributed by atoms with Gasteiger partial charge in [0.05, 0.1) is 5.56 Å². The average Bonchev–Trinajstić information content (AvgIpc) is 2.40. The monoisotopic (exact) mass is 291 g/mol. The number of rotatable bonds is 3. The quantitative estimate of drug-likeness (QED) is 0.861. The maximum Gasteiger partial charge on any atom is 0.416 e. The lowest BCUT2D eigenvalue weighted by molar-refractivity contribution is -0.137. The van der Waals surface area contributed by atoms with Gasteiger partial charge in [-0.15, -0.1) is 0 Å². The topological polar surface area (TPSA) is 35.2 Å². The fourth-order valence-electron chi connectivity index (χ4n) is 2.53. The van der Waals surface area contributed by atoms with Crippen LogP contribution in [0.4, 0.5) is 17.6 Å². The highest BCUT2D eigenvalue weighted by Crippen LogP contribution is 2.34. The highest BCUT2D eigenvalue weighted by molar-refractivity contribution is 5.31. The number of nitrogens with two attached hydrogens (primary N) is 1. The minimum Gasteiger partial charge on any atom is -0.487 e. The molecule has 1 aromatic carbocycles.